The van der Waals surface area contributed by atoms with E-state index in [9.17, 15) is 0 Å². The fourth-order valence-corrected chi connectivity index (χ4v) is 2.77. The van der Waals surface area contributed by atoms with Crippen molar-refractivity contribution in [1.82, 2.24) is 0 Å². The summed E-state index contributed by atoms with van der Waals surface area (Å²) in [4.78, 5) is 0. The van der Waals surface area contributed by atoms with E-state index in [0.717, 1.165) is 31.2 Å². The maximum absolute atomic E-state index is 5.50. The SMILES string of the molecule is c1cc2c(cc1NCC1CCCC1)CCO2. The van der Waals surface area contributed by atoms with Crippen LogP contribution in [0.1, 0.15) is 31.2 Å². The summed E-state index contributed by atoms with van der Waals surface area (Å²) in [6, 6.07) is 6.48. The fraction of sp³-hybridized carbons (Fsp3) is 0.571. The largest absolute Gasteiger partial charge is 0.493 e. The average molecular weight is 217 g/mol. The lowest BCUT2D eigenvalue weighted by Gasteiger charge is -2.12. The highest BCUT2D eigenvalue weighted by atomic mass is 16.5. The summed E-state index contributed by atoms with van der Waals surface area (Å²) in [6.45, 7) is 1.99. The third kappa shape index (κ3) is 2.01. The lowest BCUT2D eigenvalue weighted by atomic mass is 10.1. The number of benzene rings is 1. The van der Waals surface area contributed by atoms with Gasteiger partial charge in [0.25, 0.3) is 0 Å². The summed E-state index contributed by atoms with van der Waals surface area (Å²) in [5.41, 5.74) is 2.62. The summed E-state index contributed by atoms with van der Waals surface area (Å²) in [5.74, 6) is 1.97. The van der Waals surface area contributed by atoms with Crippen LogP contribution in [-0.4, -0.2) is 13.2 Å². The maximum Gasteiger partial charge on any atom is 0.122 e. The molecule has 1 N–H and O–H groups in total. The number of hydrogen-bond donors (Lipinski definition) is 1. The Morgan fingerprint density at radius 2 is 2.12 bits per heavy atom. The van der Waals surface area contributed by atoms with Crippen molar-refractivity contribution >= 4 is 5.69 Å². The molecule has 0 amide bonds. The van der Waals surface area contributed by atoms with Crippen LogP contribution in [0.3, 0.4) is 0 Å². The van der Waals surface area contributed by atoms with Crippen molar-refractivity contribution in [2.24, 2.45) is 5.92 Å². The molecule has 2 aliphatic rings. The maximum atomic E-state index is 5.50. The topological polar surface area (TPSA) is 21.3 Å². The van der Waals surface area contributed by atoms with Gasteiger partial charge in [0.15, 0.2) is 0 Å². The molecule has 0 bridgehead atoms. The van der Waals surface area contributed by atoms with Gasteiger partial charge in [-0.15, -0.1) is 0 Å². The zero-order chi connectivity index (χ0) is 10.8. The van der Waals surface area contributed by atoms with Crippen LogP contribution < -0.4 is 10.1 Å². The Kier molecular flexibility index (Phi) is 2.73. The second-order valence-electron chi connectivity index (χ2n) is 4.95. The summed E-state index contributed by atoms with van der Waals surface area (Å²) in [6.07, 6.45) is 6.71. The summed E-state index contributed by atoms with van der Waals surface area (Å²) >= 11 is 0. The van der Waals surface area contributed by atoms with E-state index in [2.05, 4.69) is 23.5 Å². The standard InChI is InChI=1S/C14H19NO/c1-2-4-11(3-1)10-15-13-5-6-14-12(9-13)7-8-16-14/h5-6,9,11,15H,1-4,7-8,10H2. The van der Waals surface area contributed by atoms with Crippen LogP contribution >= 0.6 is 0 Å². The fourth-order valence-electron chi connectivity index (χ4n) is 2.77. The lowest BCUT2D eigenvalue weighted by molar-refractivity contribution is 0.357. The first kappa shape index (κ1) is 10.0. The Morgan fingerprint density at radius 3 is 3.00 bits per heavy atom. The number of fused-ring (bicyclic) bond motifs is 1. The molecule has 0 atom stereocenters. The molecule has 1 aromatic carbocycles. The molecule has 16 heavy (non-hydrogen) atoms. The van der Waals surface area contributed by atoms with Crippen molar-refractivity contribution in [3.63, 3.8) is 0 Å². The lowest BCUT2D eigenvalue weighted by Crippen LogP contribution is -2.10. The molecular formula is C14H19NO. The number of anilines is 1. The first-order valence-corrected chi connectivity index (χ1v) is 6.41. The van der Waals surface area contributed by atoms with Crippen molar-refractivity contribution in [2.75, 3.05) is 18.5 Å². The van der Waals surface area contributed by atoms with Crippen LogP contribution in [0.25, 0.3) is 0 Å². The van der Waals surface area contributed by atoms with E-state index in [0.29, 0.717) is 0 Å². The molecular weight excluding hydrogens is 198 g/mol. The minimum atomic E-state index is 0.849. The minimum absolute atomic E-state index is 0.849. The molecule has 1 fully saturated rings. The average Bonchev–Trinajstić information content (AvgIpc) is 2.97. The molecule has 1 aliphatic heterocycles. The highest BCUT2D eigenvalue weighted by Crippen LogP contribution is 2.29. The predicted molar refractivity (Wildman–Crippen MR) is 66.1 cm³/mol. The van der Waals surface area contributed by atoms with Crippen LogP contribution in [-0.2, 0) is 6.42 Å². The first-order valence-electron chi connectivity index (χ1n) is 6.41. The third-order valence-electron chi connectivity index (χ3n) is 3.76. The van der Waals surface area contributed by atoms with E-state index in [-0.39, 0.29) is 0 Å². The molecule has 0 saturated heterocycles. The molecule has 0 unspecified atom stereocenters. The Bertz CT molecular complexity index is 369. The van der Waals surface area contributed by atoms with Gasteiger partial charge in [0.1, 0.15) is 5.75 Å². The van der Waals surface area contributed by atoms with E-state index >= 15 is 0 Å². The summed E-state index contributed by atoms with van der Waals surface area (Å²) in [7, 11) is 0. The van der Waals surface area contributed by atoms with E-state index in [1.165, 1.54) is 36.9 Å². The first-order chi connectivity index (χ1) is 7.92. The van der Waals surface area contributed by atoms with Crippen molar-refractivity contribution < 1.29 is 4.74 Å². The molecule has 1 saturated carbocycles. The molecule has 1 heterocycles. The second kappa shape index (κ2) is 4.36. The summed E-state index contributed by atoms with van der Waals surface area (Å²) < 4.78 is 5.50. The number of rotatable bonds is 3. The van der Waals surface area contributed by atoms with Crippen molar-refractivity contribution in [3.05, 3.63) is 23.8 Å². The molecule has 0 radical (unpaired) electrons. The van der Waals surface area contributed by atoms with Crippen molar-refractivity contribution in [1.29, 1.82) is 0 Å². The molecule has 2 heteroatoms. The van der Waals surface area contributed by atoms with Crippen molar-refractivity contribution in [2.45, 2.75) is 32.1 Å². The zero-order valence-corrected chi connectivity index (χ0v) is 9.67. The highest BCUT2D eigenvalue weighted by Gasteiger charge is 2.15. The molecule has 0 aromatic heterocycles. The van der Waals surface area contributed by atoms with E-state index in [1.54, 1.807) is 0 Å². The molecule has 2 nitrogen and oxygen atoms in total. The van der Waals surface area contributed by atoms with Crippen LogP contribution in [0.4, 0.5) is 5.69 Å². The third-order valence-corrected chi connectivity index (χ3v) is 3.76. The van der Waals surface area contributed by atoms with Gasteiger partial charge in [0.2, 0.25) is 0 Å². The molecule has 1 aliphatic carbocycles. The monoisotopic (exact) mass is 217 g/mol. The predicted octanol–water partition coefficient (Wildman–Crippen LogP) is 3.22. The van der Waals surface area contributed by atoms with E-state index in [4.69, 9.17) is 4.74 Å². The Balaban J connectivity index is 1.61. The van der Waals surface area contributed by atoms with Crippen LogP contribution in [0, 0.1) is 5.92 Å². The molecule has 3 rings (SSSR count). The molecule has 0 spiro atoms. The van der Waals surface area contributed by atoms with Gasteiger partial charge in [-0.25, -0.2) is 0 Å². The molecule has 86 valence electrons. The van der Waals surface area contributed by atoms with Gasteiger partial charge in [-0.2, -0.15) is 0 Å². The normalized spacial score (nSPS) is 19.5. The minimum Gasteiger partial charge on any atom is -0.493 e. The van der Waals surface area contributed by atoms with Gasteiger partial charge in [-0.1, -0.05) is 12.8 Å². The van der Waals surface area contributed by atoms with Gasteiger partial charge in [-0.3, -0.25) is 0 Å². The van der Waals surface area contributed by atoms with Crippen molar-refractivity contribution in [3.8, 4) is 5.75 Å². The second-order valence-corrected chi connectivity index (χ2v) is 4.95. The Labute approximate surface area is 97.0 Å². The van der Waals surface area contributed by atoms with Gasteiger partial charge in [-0.05, 0) is 42.5 Å². The highest BCUT2D eigenvalue weighted by molar-refractivity contribution is 5.52. The molecule has 1 aromatic rings. The summed E-state index contributed by atoms with van der Waals surface area (Å²) in [5, 5.41) is 3.56. The van der Waals surface area contributed by atoms with Gasteiger partial charge in [0, 0.05) is 18.7 Å². The van der Waals surface area contributed by atoms with Crippen LogP contribution in [0.2, 0.25) is 0 Å². The van der Waals surface area contributed by atoms with Gasteiger partial charge in [0.05, 0.1) is 6.61 Å². The zero-order valence-electron chi connectivity index (χ0n) is 9.67. The number of nitrogens with one attached hydrogen (secondary N) is 1. The quantitative estimate of drug-likeness (QED) is 0.839. The number of hydrogen-bond acceptors (Lipinski definition) is 2. The number of ether oxygens (including phenoxy) is 1. The van der Waals surface area contributed by atoms with Gasteiger partial charge >= 0.3 is 0 Å². The van der Waals surface area contributed by atoms with E-state index in [1.807, 2.05) is 0 Å². The van der Waals surface area contributed by atoms with Crippen LogP contribution in [0.5, 0.6) is 5.75 Å². The Hall–Kier alpha value is -1.18. The van der Waals surface area contributed by atoms with Crippen LogP contribution in [0.15, 0.2) is 18.2 Å². The van der Waals surface area contributed by atoms with Gasteiger partial charge < -0.3 is 10.1 Å². The van der Waals surface area contributed by atoms with E-state index < -0.39 is 0 Å². The smallest absolute Gasteiger partial charge is 0.122 e. The Morgan fingerprint density at radius 1 is 1.25 bits per heavy atom.